The van der Waals surface area contributed by atoms with E-state index in [9.17, 15) is 9.18 Å². The fraction of sp³-hybridized carbons (Fsp3) is 0.400. The maximum absolute atomic E-state index is 13.6. The summed E-state index contributed by atoms with van der Waals surface area (Å²) in [5.74, 6) is -0.500. The number of benzene rings is 1. The van der Waals surface area contributed by atoms with Gasteiger partial charge in [0.1, 0.15) is 11.5 Å². The normalized spacial score (nSPS) is 20.2. The lowest BCUT2D eigenvalue weighted by atomic mass is 10.1. The lowest BCUT2D eigenvalue weighted by molar-refractivity contribution is 0.0908. The molecule has 0 unspecified atom stereocenters. The summed E-state index contributed by atoms with van der Waals surface area (Å²) >= 11 is 0. The van der Waals surface area contributed by atoms with E-state index in [1.807, 2.05) is 0 Å². The Hall–Kier alpha value is -1.88. The molecule has 1 aromatic heterocycles. The van der Waals surface area contributed by atoms with Gasteiger partial charge in [-0.2, -0.15) is 0 Å². The second kappa shape index (κ2) is 5.25. The largest absolute Gasteiger partial charge is 0.348 e. The van der Waals surface area contributed by atoms with E-state index in [2.05, 4.69) is 22.2 Å². The predicted molar refractivity (Wildman–Crippen MR) is 76.2 cm³/mol. The van der Waals surface area contributed by atoms with Crippen molar-refractivity contribution >= 4 is 16.8 Å². The molecule has 0 radical (unpaired) electrons. The number of piperidine rings is 1. The third kappa shape index (κ3) is 2.54. The standard InChI is InChI=1S/C15H18FN3O/c1-19-7-3-5-11(9-19)17-15(20)13-8-10-4-2-6-12(16)14(10)18-13/h2,4,6,8,11,18H,3,5,7,9H2,1H3,(H,17,20)/t11-/m1/s1. The molecule has 0 bridgehead atoms. The molecule has 1 atom stereocenters. The molecular weight excluding hydrogens is 257 g/mol. The van der Waals surface area contributed by atoms with Crippen molar-refractivity contribution in [2.75, 3.05) is 20.1 Å². The van der Waals surface area contributed by atoms with Crippen LogP contribution in [-0.4, -0.2) is 42.0 Å². The molecule has 1 aliphatic heterocycles. The number of rotatable bonds is 2. The van der Waals surface area contributed by atoms with Gasteiger partial charge in [0.15, 0.2) is 0 Å². The Kier molecular flexibility index (Phi) is 3.44. The summed E-state index contributed by atoms with van der Waals surface area (Å²) in [4.78, 5) is 17.3. The van der Waals surface area contributed by atoms with Crippen LogP contribution >= 0.6 is 0 Å². The van der Waals surface area contributed by atoms with Gasteiger partial charge in [-0.3, -0.25) is 4.79 Å². The number of H-pyrrole nitrogens is 1. The SMILES string of the molecule is CN1CCC[C@@H](NC(=O)c2cc3cccc(F)c3[nH]2)C1. The van der Waals surface area contributed by atoms with Gasteiger partial charge in [-0.1, -0.05) is 12.1 Å². The van der Waals surface area contributed by atoms with Gasteiger partial charge in [0.25, 0.3) is 5.91 Å². The van der Waals surface area contributed by atoms with E-state index in [1.165, 1.54) is 6.07 Å². The predicted octanol–water partition coefficient (Wildman–Crippen LogP) is 2.13. The van der Waals surface area contributed by atoms with E-state index in [-0.39, 0.29) is 17.8 Å². The highest BCUT2D eigenvalue weighted by molar-refractivity contribution is 5.98. The van der Waals surface area contributed by atoms with Gasteiger partial charge >= 0.3 is 0 Å². The number of halogens is 1. The van der Waals surface area contributed by atoms with Gasteiger partial charge in [-0.25, -0.2) is 4.39 Å². The molecule has 1 aliphatic rings. The molecule has 2 heterocycles. The number of amides is 1. The molecule has 3 rings (SSSR count). The van der Waals surface area contributed by atoms with Crippen LogP contribution in [0, 0.1) is 5.82 Å². The molecule has 20 heavy (non-hydrogen) atoms. The van der Waals surface area contributed by atoms with E-state index in [1.54, 1.807) is 18.2 Å². The molecule has 0 aliphatic carbocycles. The third-order valence-electron chi connectivity index (χ3n) is 3.81. The van der Waals surface area contributed by atoms with Crippen LogP contribution in [0.15, 0.2) is 24.3 Å². The molecule has 1 amide bonds. The summed E-state index contributed by atoms with van der Waals surface area (Å²) in [5, 5.41) is 3.73. The van der Waals surface area contributed by atoms with Crippen molar-refractivity contribution in [2.45, 2.75) is 18.9 Å². The van der Waals surface area contributed by atoms with Crippen LogP contribution in [0.4, 0.5) is 4.39 Å². The Morgan fingerprint density at radius 3 is 3.10 bits per heavy atom. The molecule has 106 valence electrons. The minimum atomic E-state index is -0.334. The zero-order chi connectivity index (χ0) is 14.1. The second-order valence-electron chi connectivity index (χ2n) is 5.46. The quantitative estimate of drug-likeness (QED) is 0.882. The minimum Gasteiger partial charge on any atom is -0.348 e. The van der Waals surface area contributed by atoms with Crippen molar-refractivity contribution in [3.05, 3.63) is 35.8 Å². The number of aromatic nitrogens is 1. The van der Waals surface area contributed by atoms with E-state index < -0.39 is 0 Å². The van der Waals surface area contributed by atoms with E-state index in [0.717, 1.165) is 31.3 Å². The number of para-hydroxylation sites is 1. The molecule has 0 spiro atoms. The lowest BCUT2D eigenvalue weighted by Gasteiger charge is -2.30. The van der Waals surface area contributed by atoms with Crippen molar-refractivity contribution in [3.8, 4) is 0 Å². The van der Waals surface area contributed by atoms with Gasteiger partial charge in [-0.15, -0.1) is 0 Å². The number of fused-ring (bicyclic) bond motifs is 1. The Morgan fingerprint density at radius 2 is 2.35 bits per heavy atom. The van der Waals surface area contributed by atoms with Crippen LogP contribution in [-0.2, 0) is 0 Å². The highest BCUT2D eigenvalue weighted by Crippen LogP contribution is 2.18. The van der Waals surface area contributed by atoms with Crippen molar-refractivity contribution in [1.29, 1.82) is 0 Å². The Labute approximate surface area is 117 Å². The maximum atomic E-state index is 13.6. The molecule has 1 fully saturated rings. The average molecular weight is 275 g/mol. The van der Waals surface area contributed by atoms with E-state index in [4.69, 9.17) is 0 Å². The topological polar surface area (TPSA) is 48.1 Å². The first-order chi connectivity index (χ1) is 9.63. The number of carbonyl (C=O) groups is 1. The molecule has 4 nitrogen and oxygen atoms in total. The summed E-state index contributed by atoms with van der Waals surface area (Å²) < 4.78 is 13.6. The Bertz CT molecular complexity index is 637. The fourth-order valence-corrected chi connectivity index (χ4v) is 2.79. The Balaban J connectivity index is 1.77. The highest BCUT2D eigenvalue weighted by Gasteiger charge is 2.20. The van der Waals surface area contributed by atoms with Crippen molar-refractivity contribution in [3.63, 3.8) is 0 Å². The number of aromatic amines is 1. The van der Waals surface area contributed by atoms with Gasteiger partial charge in [0.05, 0.1) is 5.52 Å². The molecule has 0 saturated carbocycles. The van der Waals surface area contributed by atoms with Crippen molar-refractivity contribution in [2.24, 2.45) is 0 Å². The second-order valence-corrected chi connectivity index (χ2v) is 5.46. The zero-order valence-electron chi connectivity index (χ0n) is 11.4. The number of hydrogen-bond donors (Lipinski definition) is 2. The van der Waals surface area contributed by atoms with Crippen LogP contribution in [0.3, 0.4) is 0 Å². The summed E-state index contributed by atoms with van der Waals surface area (Å²) in [6.07, 6.45) is 2.08. The van der Waals surface area contributed by atoms with Crippen molar-refractivity contribution in [1.82, 2.24) is 15.2 Å². The summed E-state index contributed by atoms with van der Waals surface area (Å²) in [6, 6.07) is 6.68. The van der Waals surface area contributed by atoms with E-state index >= 15 is 0 Å². The number of nitrogens with zero attached hydrogens (tertiary/aromatic N) is 1. The first kappa shape index (κ1) is 13.1. The number of likely N-dealkylation sites (tertiary alicyclic amines) is 1. The van der Waals surface area contributed by atoms with E-state index in [0.29, 0.717) is 11.2 Å². The fourth-order valence-electron chi connectivity index (χ4n) is 2.79. The zero-order valence-corrected chi connectivity index (χ0v) is 11.4. The van der Waals surface area contributed by atoms with Crippen molar-refractivity contribution < 1.29 is 9.18 Å². The van der Waals surface area contributed by atoms with Gasteiger partial charge < -0.3 is 15.2 Å². The first-order valence-corrected chi connectivity index (χ1v) is 6.90. The number of hydrogen-bond acceptors (Lipinski definition) is 2. The molecular formula is C15H18FN3O. The number of nitrogens with one attached hydrogen (secondary N) is 2. The lowest BCUT2D eigenvalue weighted by Crippen LogP contribution is -2.46. The van der Waals surface area contributed by atoms with Crippen LogP contribution < -0.4 is 5.32 Å². The Morgan fingerprint density at radius 1 is 1.50 bits per heavy atom. The third-order valence-corrected chi connectivity index (χ3v) is 3.81. The van der Waals surface area contributed by atoms with Gasteiger partial charge in [-0.05, 0) is 38.6 Å². The molecule has 2 aromatic rings. The van der Waals surface area contributed by atoms with Crippen LogP contribution in [0.25, 0.3) is 10.9 Å². The maximum Gasteiger partial charge on any atom is 0.267 e. The molecule has 1 aromatic carbocycles. The van der Waals surface area contributed by atoms with Crippen LogP contribution in [0.1, 0.15) is 23.3 Å². The number of carbonyl (C=O) groups excluding carboxylic acids is 1. The summed E-state index contributed by atoms with van der Waals surface area (Å²) in [7, 11) is 2.05. The summed E-state index contributed by atoms with van der Waals surface area (Å²) in [5.41, 5.74) is 0.803. The highest BCUT2D eigenvalue weighted by atomic mass is 19.1. The molecule has 2 N–H and O–H groups in total. The minimum absolute atomic E-state index is 0.164. The van der Waals surface area contributed by atoms with Gasteiger partial charge in [0.2, 0.25) is 0 Å². The summed E-state index contributed by atoms with van der Waals surface area (Å²) in [6.45, 7) is 1.93. The first-order valence-electron chi connectivity index (χ1n) is 6.90. The molecule has 5 heteroatoms. The van der Waals surface area contributed by atoms with Crippen LogP contribution in [0.5, 0.6) is 0 Å². The molecule has 1 saturated heterocycles. The van der Waals surface area contributed by atoms with Crippen LogP contribution in [0.2, 0.25) is 0 Å². The average Bonchev–Trinajstić information content (AvgIpc) is 2.84. The monoisotopic (exact) mass is 275 g/mol. The van der Waals surface area contributed by atoms with Gasteiger partial charge in [0, 0.05) is 18.0 Å². The number of likely N-dealkylation sites (N-methyl/N-ethyl adjacent to an activating group) is 1. The smallest absolute Gasteiger partial charge is 0.267 e.